The van der Waals surface area contributed by atoms with Crippen molar-refractivity contribution in [3.63, 3.8) is 0 Å². The first kappa shape index (κ1) is 18.7. The summed E-state index contributed by atoms with van der Waals surface area (Å²) < 4.78 is 11.0. The molecule has 3 aromatic rings. The van der Waals surface area contributed by atoms with Crippen molar-refractivity contribution in [2.45, 2.75) is 13.8 Å². The van der Waals surface area contributed by atoms with E-state index in [-0.39, 0.29) is 5.91 Å². The highest BCUT2D eigenvalue weighted by Crippen LogP contribution is 2.22. The number of hydrogen-bond donors (Lipinski definition) is 0. The molecule has 0 fully saturated rings. The molecule has 0 bridgehead atoms. The van der Waals surface area contributed by atoms with E-state index in [2.05, 4.69) is 4.98 Å². The molecule has 1 aromatic heterocycles. The number of ether oxygens (including phenoxy) is 2. The highest BCUT2D eigenvalue weighted by molar-refractivity contribution is 5.98. The van der Waals surface area contributed by atoms with Crippen molar-refractivity contribution in [2.24, 2.45) is 0 Å². The third-order valence-electron chi connectivity index (χ3n) is 4.51. The zero-order valence-electron chi connectivity index (χ0n) is 16.2. The Kier molecular flexibility index (Phi) is 5.60. The van der Waals surface area contributed by atoms with Gasteiger partial charge in [-0.3, -0.25) is 9.78 Å². The third-order valence-corrected chi connectivity index (χ3v) is 4.51. The summed E-state index contributed by atoms with van der Waals surface area (Å²) in [6.07, 6.45) is 0. The van der Waals surface area contributed by atoms with Gasteiger partial charge >= 0.3 is 0 Å². The van der Waals surface area contributed by atoms with Crippen LogP contribution in [0, 0.1) is 13.8 Å². The van der Waals surface area contributed by atoms with E-state index in [4.69, 9.17) is 9.47 Å². The van der Waals surface area contributed by atoms with Crippen molar-refractivity contribution >= 4 is 16.8 Å². The van der Waals surface area contributed by atoms with Crippen molar-refractivity contribution in [1.82, 2.24) is 9.88 Å². The molecule has 5 nitrogen and oxygen atoms in total. The molecule has 1 heterocycles. The molecule has 0 radical (unpaired) electrons. The number of methoxy groups -OCH3 is 1. The van der Waals surface area contributed by atoms with Gasteiger partial charge in [0.1, 0.15) is 18.1 Å². The minimum atomic E-state index is -0.0720. The van der Waals surface area contributed by atoms with E-state index < -0.39 is 0 Å². The van der Waals surface area contributed by atoms with Crippen LogP contribution < -0.4 is 9.47 Å². The van der Waals surface area contributed by atoms with Gasteiger partial charge in [0.2, 0.25) is 0 Å². The number of aryl methyl sites for hydroxylation is 2. The van der Waals surface area contributed by atoms with E-state index in [1.807, 2.05) is 62.4 Å². The minimum absolute atomic E-state index is 0.0720. The summed E-state index contributed by atoms with van der Waals surface area (Å²) in [6.45, 7) is 4.81. The maximum atomic E-state index is 12.8. The fourth-order valence-corrected chi connectivity index (χ4v) is 2.84. The van der Waals surface area contributed by atoms with Crippen LogP contribution in [0.15, 0.2) is 48.5 Å². The molecule has 0 unspecified atom stereocenters. The van der Waals surface area contributed by atoms with Crippen LogP contribution in [0.4, 0.5) is 0 Å². The topological polar surface area (TPSA) is 51.7 Å². The van der Waals surface area contributed by atoms with Crippen LogP contribution >= 0.6 is 0 Å². The average Bonchev–Trinajstić information content (AvgIpc) is 2.68. The van der Waals surface area contributed by atoms with Crippen LogP contribution in [0.5, 0.6) is 11.5 Å². The Morgan fingerprint density at radius 1 is 1.04 bits per heavy atom. The SMILES string of the molecule is COc1ccc2nc(C)c(C(=O)N(C)CCOc3ccc(C)cc3)cc2c1. The number of aromatic nitrogens is 1. The number of fused-ring (bicyclic) bond motifs is 1. The second-order valence-corrected chi connectivity index (χ2v) is 6.57. The van der Waals surface area contributed by atoms with Gasteiger partial charge in [0, 0.05) is 12.4 Å². The van der Waals surface area contributed by atoms with Crippen LogP contribution in [-0.2, 0) is 0 Å². The van der Waals surface area contributed by atoms with E-state index >= 15 is 0 Å². The summed E-state index contributed by atoms with van der Waals surface area (Å²) in [6, 6.07) is 15.4. The Labute approximate surface area is 159 Å². The van der Waals surface area contributed by atoms with Crippen molar-refractivity contribution in [1.29, 1.82) is 0 Å². The lowest BCUT2D eigenvalue weighted by Gasteiger charge is -2.19. The van der Waals surface area contributed by atoms with Crippen LogP contribution in [-0.4, -0.2) is 43.1 Å². The maximum absolute atomic E-state index is 12.8. The summed E-state index contributed by atoms with van der Waals surface area (Å²) >= 11 is 0. The van der Waals surface area contributed by atoms with Gasteiger partial charge in [-0.2, -0.15) is 0 Å². The first-order valence-electron chi connectivity index (χ1n) is 8.88. The predicted molar refractivity (Wildman–Crippen MR) is 107 cm³/mol. The highest BCUT2D eigenvalue weighted by Gasteiger charge is 2.16. The summed E-state index contributed by atoms with van der Waals surface area (Å²) in [5, 5.41) is 0.882. The number of amides is 1. The average molecular weight is 364 g/mol. The summed E-state index contributed by atoms with van der Waals surface area (Å²) in [7, 11) is 3.40. The Balaban J connectivity index is 1.70. The molecule has 3 rings (SSSR count). The Bertz CT molecular complexity index is 952. The number of carbonyl (C=O) groups excluding carboxylic acids is 1. The number of hydrogen-bond acceptors (Lipinski definition) is 4. The number of rotatable bonds is 6. The van der Waals surface area contributed by atoms with Gasteiger partial charge in [0.25, 0.3) is 5.91 Å². The highest BCUT2D eigenvalue weighted by atomic mass is 16.5. The number of pyridine rings is 1. The molecule has 1 amide bonds. The predicted octanol–water partition coefficient (Wildman–Crippen LogP) is 4.01. The zero-order valence-corrected chi connectivity index (χ0v) is 16.2. The maximum Gasteiger partial charge on any atom is 0.255 e. The molecule has 140 valence electrons. The second kappa shape index (κ2) is 8.08. The van der Waals surface area contributed by atoms with Crippen LogP contribution in [0.2, 0.25) is 0 Å². The number of likely N-dealkylation sites (N-methyl/N-ethyl adjacent to an activating group) is 1. The number of benzene rings is 2. The quantitative estimate of drug-likeness (QED) is 0.663. The Morgan fingerprint density at radius 3 is 2.44 bits per heavy atom. The summed E-state index contributed by atoms with van der Waals surface area (Å²) in [4.78, 5) is 19.1. The molecule has 2 aromatic carbocycles. The zero-order chi connectivity index (χ0) is 19.4. The van der Waals surface area contributed by atoms with Gasteiger partial charge in [-0.25, -0.2) is 0 Å². The molecule has 0 atom stereocenters. The molecule has 0 aliphatic carbocycles. The van der Waals surface area contributed by atoms with Gasteiger partial charge in [-0.1, -0.05) is 17.7 Å². The van der Waals surface area contributed by atoms with Gasteiger partial charge in [-0.15, -0.1) is 0 Å². The molecular formula is C22H24N2O3. The Morgan fingerprint density at radius 2 is 1.74 bits per heavy atom. The number of nitrogens with zero attached hydrogens (tertiary/aromatic N) is 2. The van der Waals surface area contributed by atoms with Crippen LogP contribution in [0.1, 0.15) is 21.6 Å². The molecular weight excluding hydrogens is 340 g/mol. The van der Waals surface area contributed by atoms with E-state index in [1.54, 1.807) is 19.1 Å². The first-order chi connectivity index (χ1) is 13.0. The van der Waals surface area contributed by atoms with E-state index in [0.29, 0.717) is 24.4 Å². The third kappa shape index (κ3) is 4.37. The smallest absolute Gasteiger partial charge is 0.255 e. The summed E-state index contributed by atoms with van der Waals surface area (Å²) in [5.74, 6) is 1.47. The van der Waals surface area contributed by atoms with E-state index in [0.717, 1.165) is 22.4 Å². The normalized spacial score (nSPS) is 10.7. The fourth-order valence-electron chi connectivity index (χ4n) is 2.84. The lowest BCUT2D eigenvalue weighted by molar-refractivity contribution is 0.0773. The second-order valence-electron chi connectivity index (χ2n) is 6.57. The van der Waals surface area contributed by atoms with Crippen molar-refractivity contribution < 1.29 is 14.3 Å². The molecule has 27 heavy (non-hydrogen) atoms. The van der Waals surface area contributed by atoms with Crippen molar-refractivity contribution in [2.75, 3.05) is 27.3 Å². The minimum Gasteiger partial charge on any atom is -0.497 e. The van der Waals surface area contributed by atoms with Gasteiger partial charge in [-0.05, 0) is 50.2 Å². The molecule has 0 aliphatic heterocycles. The van der Waals surface area contributed by atoms with E-state index in [9.17, 15) is 4.79 Å². The monoisotopic (exact) mass is 364 g/mol. The summed E-state index contributed by atoms with van der Waals surface area (Å²) in [5.41, 5.74) is 3.33. The van der Waals surface area contributed by atoms with Crippen molar-refractivity contribution in [3.05, 3.63) is 65.4 Å². The van der Waals surface area contributed by atoms with Crippen molar-refractivity contribution in [3.8, 4) is 11.5 Å². The lowest BCUT2D eigenvalue weighted by atomic mass is 10.1. The molecule has 0 N–H and O–H groups in total. The lowest BCUT2D eigenvalue weighted by Crippen LogP contribution is -2.31. The molecule has 0 spiro atoms. The molecule has 0 saturated carbocycles. The van der Waals surface area contributed by atoms with E-state index in [1.165, 1.54) is 5.56 Å². The molecule has 5 heteroatoms. The largest absolute Gasteiger partial charge is 0.497 e. The standard InChI is InChI=1S/C22H24N2O3/c1-15-5-7-18(8-6-15)27-12-11-24(3)22(25)20-14-17-13-19(26-4)9-10-21(17)23-16(20)2/h5-10,13-14H,11-12H2,1-4H3. The van der Waals surface area contributed by atoms with Crippen LogP contribution in [0.3, 0.4) is 0 Å². The Hall–Kier alpha value is -3.08. The van der Waals surface area contributed by atoms with Gasteiger partial charge < -0.3 is 14.4 Å². The van der Waals surface area contributed by atoms with Gasteiger partial charge in [0.05, 0.1) is 30.4 Å². The van der Waals surface area contributed by atoms with Gasteiger partial charge in [0.15, 0.2) is 0 Å². The van der Waals surface area contributed by atoms with Crippen LogP contribution in [0.25, 0.3) is 10.9 Å². The fraction of sp³-hybridized carbons (Fsp3) is 0.273. The first-order valence-corrected chi connectivity index (χ1v) is 8.88. The molecule has 0 saturated heterocycles. The molecule has 0 aliphatic rings. The number of carbonyl (C=O) groups is 1.